The smallest absolute Gasteiger partial charge is 0.0415 e. The Balaban J connectivity index is 1.36. The van der Waals surface area contributed by atoms with Gasteiger partial charge in [0, 0.05) is 48.6 Å². The van der Waals surface area contributed by atoms with Crippen molar-refractivity contribution < 1.29 is 0 Å². The number of hydrogen-bond acceptors (Lipinski definition) is 4. The fraction of sp³-hybridized carbons (Fsp3) is 0.208. The van der Waals surface area contributed by atoms with Crippen LogP contribution in [0.5, 0.6) is 0 Å². The van der Waals surface area contributed by atoms with Crippen LogP contribution in [0.15, 0.2) is 79.1 Å². The number of anilines is 3. The van der Waals surface area contributed by atoms with Crippen molar-refractivity contribution in [2.75, 3.05) is 17.2 Å². The maximum Gasteiger partial charge on any atom is 0.0415 e. The van der Waals surface area contributed by atoms with E-state index in [0.717, 1.165) is 36.6 Å². The zero-order chi connectivity index (χ0) is 19.2. The van der Waals surface area contributed by atoms with Crippen LogP contribution in [0.1, 0.15) is 24.5 Å². The van der Waals surface area contributed by atoms with Gasteiger partial charge in [-0.15, -0.1) is 0 Å². The highest BCUT2D eigenvalue weighted by atomic mass is 14.9. The third-order valence-corrected chi connectivity index (χ3v) is 5.01. The molecule has 4 rings (SSSR count). The Kier molecular flexibility index (Phi) is 5.69. The number of nitrogens with zero attached hydrogens (tertiary/aromatic N) is 1. The van der Waals surface area contributed by atoms with Crippen LogP contribution in [0.25, 0.3) is 5.57 Å². The Morgan fingerprint density at radius 3 is 2.46 bits per heavy atom. The molecule has 0 radical (unpaired) electrons. The molecule has 0 amide bonds. The van der Waals surface area contributed by atoms with Crippen LogP contribution in [0, 0.1) is 0 Å². The minimum Gasteiger partial charge on any atom is -0.385 e. The summed E-state index contributed by atoms with van der Waals surface area (Å²) in [5, 5.41) is 10.5. The maximum atomic E-state index is 4.04. The molecule has 4 heteroatoms. The summed E-state index contributed by atoms with van der Waals surface area (Å²) in [6.07, 6.45) is 6.93. The highest BCUT2D eigenvalue weighted by Gasteiger charge is 2.13. The van der Waals surface area contributed by atoms with Gasteiger partial charge in [0.1, 0.15) is 0 Å². The first-order valence-corrected chi connectivity index (χ1v) is 9.81. The third kappa shape index (κ3) is 4.59. The Bertz CT molecular complexity index is 932. The van der Waals surface area contributed by atoms with E-state index in [2.05, 4.69) is 82.5 Å². The standard InChI is InChI=1S/C24H26N4/c1-18-16-19(24-5-3-2-4-20(24)17-27-18)10-15-26-21-6-8-22(9-7-21)28-23-11-13-25-14-12-23/h2-9,11-14,16,18,26-27H,10,15,17H2,1H3,(H,25,28). The molecule has 142 valence electrons. The average Bonchev–Trinajstić information content (AvgIpc) is 2.89. The molecule has 2 heterocycles. The first-order valence-electron chi connectivity index (χ1n) is 9.81. The van der Waals surface area contributed by atoms with Gasteiger partial charge >= 0.3 is 0 Å². The van der Waals surface area contributed by atoms with Gasteiger partial charge in [-0.3, -0.25) is 4.98 Å². The number of benzene rings is 2. The van der Waals surface area contributed by atoms with Crippen LogP contribution in [0.2, 0.25) is 0 Å². The molecule has 1 aliphatic rings. The Labute approximate surface area is 166 Å². The van der Waals surface area contributed by atoms with Gasteiger partial charge in [-0.1, -0.05) is 30.3 Å². The normalized spacial score (nSPS) is 15.9. The number of pyridine rings is 1. The Morgan fingerprint density at radius 2 is 1.64 bits per heavy atom. The third-order valence-electron chi connectivity index (χ3n) is 5.01. The summed E-state index contributed by atoms with van der Waals surface area (Å²) in [4.78, 5) is 4.04. The monoisotopic (exact) mass is 370 g/mol. The minimum absolute atomic E-state index is 0.390. The van der Waals surface area contributed by atoms with E-state index in [-0.39, 0.29) is 0 Å². The van der Waals surface area contributed by atoms with Gasteiger partial charge in [-0.05, 0) is 66.4 Å². The zero-order valence-corrected chi connectivity index (χ0v) is 16.2. The Morgan fingerprint density at radius 1 is 0.929 bits per heavy atom. The van der Waals surface area contributed by atoms with Gasteiger partial charge in [0.05, 0.1) is 0 Å². The van der Waals surface area contributed by atoms with Gasteiger partial charge < -0.3 is 16.0 Å². The largest absolute Gasteiger partial charge is 0.385 e. The fourth-order valence-corrected chi connectivity index (χ4v) is 3.54. The summed E-state index contributed by atoms with van der Waals surface area (Å²) in [6, 6.07) is 21.4. The van der Waals surface area contributed by atoms with E-state index in [4.69, 9.17) is 0 Å². The number of aromatic nitrogens is 1. The van der Waals surface area contributed by atoms with Crippen molar-refractivity contribution in [3.8, 4) is 0 Å². The molecule has 0 aliphatic carbocycles. The number of nitrogens with one attached hydrogen (secondary N) is 3. The van der Waals surface area contributed by atoms with Crippen molar-refractivity contribution in [3.63, 3.8) is 0 Å². The Hall–Kier alpha value is -3.11. The molecular weight excluding hydrogens is 344 g/mol. The van der Waals surface area contributed by atoms with Gasteiger partial charge in [0.15, 0.2) is 0 Å². The summed E-state index contributed by atoms with van der Waals surface area (Å²) in [5.74, 6) is 0. The summed E-state index contributed by atoms with van der Waals surface area (Å²) in [6.45, 7) is 4.05. The topological polar surface area (TPSA) is 49.0 Å². The van der Waals surface area contributed by atoms with E-state index in [9.17, 15) is 0 Å². The van der Waals surface area contributed by atoms with Gasteiger partial charge in [0.25, 0.3) is 0 Å². The highest BCUT2D eigenvalue weighted by molar-refractivity contribution is 5.70. The lowest BCUT2D eigenvalue weighted by Crippen LogP contribution is -2.21. The van der Waals surface area contributed by atoms with Crippen LogP contribution < -0.4 is 16.0 Å². The molecule has 1 unspecified atom stereocenters. The molecule has 0 saturated heterocycles. The molecule has 0 spiro atoms. The fourth-order valence-electron chi connectivity index (χ4n) is 3.54. The van der Waals surface area contributed by atoms with Crippen molar-refractivity contribution >= 4 is 22.6 Å². The lowest BCUT2D eigenvalue weighted by Gasteiger charge is -2.13. The van der Waals surface area contributed by atoms with Crippen molar-refractivity contribution in [1.29, 1.82) is 0 Å². The van der Waals surface area contributed by atoms with Crippen LogP contribution >= 0.6 is 0 Å². The van der Waals surface area contributed by atoms with E-state index in [0.29, 0.717) is 6.04 Å². The molecule has 0 fully saturated rings. The summed E-state index contributed by atoms with van der Waals surface area (Å²) in [7, 11) is 0. The lowest BCUT2D eigenvalue weighted by atomic mass is 9.97. The molecule has 4 nitrogen and oxygen atoms in total. The molecule has 3 N–H and O–H groups in total. The second kappa shape index (κ2) is 8.72. The molecular formula is C24H26N4. The predicted octanol–water partition coefficient (Wildman–Crippen LogP) is 5.20. The first-order chi connectivity index (χ1) is 13.8. The summed E-state index contributed by atoms with van der Waals surface area (Å²) < 4.78 is 0. The van der Waals surface area contributed by atoms with E-state index >= 15 is 0 Å². The first kappa shape index (κ1) is 18.3. The maximum absolute atomic E-state index is 4.04. The molecule has 1 aromatic heterocycles. The van der Waals surface area contributed by atoms with Crippen LogP contribution in [-0.2, 0) is 6.54 Å². The molecule has 0 bridgehead atoms. The van der Waals surface area contributed by atoms with Gasteiger partial charge in [0.2, 0.25) is 0 Å². The molecule has 2 aromatic carbocycles. The molecule has 28 heavy (non-hydrogen) atoms. The number of hydrogen-bond donors (Lipinski definition) is 3. The SMILES string of the molecule is CC1C=C(CCNc2ccc(Nc3ccncc3)cc2)c2ccccc2CN1. The van der Waals surface area contributed by atoms with Crippen molar-refractivity contribution in [3.05, 3.63) is 90.3 Å². The zero-order valence-electron chi connectivity index (χ0n) is 16.2. The van der Waals surface area contributed by atoms with Crippen molar-refractivity contribution in [1.82, 2.24) is 10.3 Å². The minimum atomic E-state index is 0.390. The molecule has 1 atom stereocenters. The average molecular weight is 371 g/mol. The highest BCUT2D eigenvalue weighted by Crippen LogP contribution is 2.26. The van der Waals surface area contributed by atoms with E-state index in [1.165, 1.54) is 16.7 Å². The summed E-state index contributed by atoms with van der Waals surface area (Å²) in [5.41, 5.74) is 7.41. The molecule has 0 saturated carbocycles. The van der Waals surface area contributed by atoms with Crippen LogP contribution in [-0.4, -0.2) is 17.6 Å². The number of fused-ring (bicyclic) bond motifs is 1. The van der Waals surface area contributed by atoms with E-state index in [1.807, 2.05) is 12.1 Å². The summed E-state index contributed by atoms with van der Waals surface area (Å²) >= 11 is 0. The van der Waals surface area contributed by atoms with Crippen LogP contribution in [0.4, 0.5) is 17.1 Å². The quantitative estimate of drug-likeness (QED) is 0.558. The lowest BCUT2D eigenvalue weighted by molar-refractivity contribution is 0.639. The van der Waals surface area contributed by atoms with Gasteiger partial charge in [-0.25, -0.2) is 0 Å². The van der Waals surface area contributed by atoms with Crippen LogP contribution in [0.3, 0.4) is 0 Å². The number of rotatable bonds is 6. The second-order valence-corrected chi connectivity index (χ2v) is 7.13. The van der Waals surface area contributed by atoms with E-state index < -0.39 is 0 Å². The molecule has 3 aromatic rings. The second-order valence-electron chi connectivity index (χ2n) is 7.13. The van der Waals surface area contributed by atoms with Crippen molar-refractivity contribution in [2.45, 2.75) is 25.9 Å². The predicted molar refractivity (Wildman–Crippen MR) is 118 cm³/mol. The van der Waals surface area contributed by atoms with E-state index in [1.54, 1.807) is 12.4 Å². The van der Waals surface area contributed by atoms with Gasteiger partial charge in [-0.2, -0.15) is 0 Å². The molecule has 1 aliphatic heterocycles. The van der Waals surface area contributed by atoms with Crippen molar-refractivity contribution in [2.24, 2.45) is 0 Å².